The van der Waals surface area contributed by atoms with E-state index >= 15 is 0 Å². The summed E-state index contributed by atoms with van der Waals surface area (Å²) in [5, 5.41) is 19.3. The second-order valence-corrected chi connectivity index (χ2v) is 6.71. The normalized spacial score (nSPS) is 32.4. The Morgan fingerprint density at radius 2 is 1.69 bits per heavy atom. The molecule has 1 aliphatic rings. The van der Waals surface area contributed by atoms with Gasteiger partial charge in [0.2, 0.25) is 0 Å². The molecule has 0 amide bonds. The number of carbonyl (C=O) groups is 2. The monoisotopic (exact) mass is 387 g/mol. The molecule has 2 N–H and O–H groups in total. The lowest BCUT2D eigenvalue weighted by Crippen LogP contribution is -2.65. The lowest BCUT2D eigenvalue weighted by Gasteiger charge is -2.51. The van der Waals surface area contributed by atoms with Gasteiger partial charge in [0.15, 0.2) is 6.04 Å². The first-order valence-corrected chi connectivity index (χ1v) is 8.21. The van der Waals surface area contributed by atoms with Gasteiger partial charge in [-0.15, -0.1) is 0 Å². The van der Waals surface area contributed by atoms with E-state index in [4.69, 9.17) is 0 Å². The summed E-state index contributed by atoms with van der Waals surface area (Å²) in [6.07, 6.45) is -9.26. The maximum absolute atomic E-state index is 13.6. The van der Waals surface area contributed by atoms with E-state index in [2.05, 4.69) is 4.99 Å². The highest BCUT2D eigenvalue weighted by Crippen LogP contribution is 2.57. The maximum Gasteiger partial charge on any atom is 0.411 e. The van der Waals surface area contributed by atoms with Gasteiger partial charge in [-0.1, -0.05) is 26.7 Å². The molecular formula is C16H22F5NO4. The number of nitrogens with zero attached hydrogens (tertiary/aromatic N) is 1. The van der Waals surface area contributed by atoms with Crippen LogP contribution >= 0.6 is 0 Å². The van der Waals surface area contributed by atoms with Gasteiger partial charge in [-0.2, -0.15) is 13.2 Å². The Morgan fingerprint density at radius 3 is 2.00 bits per heavy atom. The van der Waals surface area contributed by atoms with Gasteiger partial charge in [0.25, 0.3) is 6.43 Å². The zero-order valence-corrected chi connectivity index (χ0v) is 14.6. The summed E-state index contributed by atoms with van der Waals surface area (Å²) >= 11 is 0. The van der Waals surface area contributed by atoms with Crippen molar-refractivity contribution in [2.45, 2.75) is 65.1 Å². The van der Waals surface area contributed by atoms with E-state index in [0.29, 0.717) is 0 Å². The van der Waals surface area contributed by atoms with Crippen molar-refractivity contribution < 1.29 is 41.8 Å². The number of carboxylic acids is 2. The third-order valence-corrected chi connectivity index (χ3v) is 5.19. The van der Waals surface area contributed by atoms with Crippen molar-refractivity contribution in [1.82, 2.24) is 0 Å². The van der Waals surface area contributed by atoms with Gasteiger partial charge in [-0.05, 0) is 25.7 Å². The zero-order chi connectivity index (χ0) is 20.5. The Morgan fingerprint density at radius 1 is 1.15 bits per heavy atom. The molecule has 10 heteroatoms. The second-order valence-electron chi connectivity index (χ2n) is 6.71. The summed E-state index contributed by atoms with van der Waals surface area (Å²) in [6, 6.07) is -2.95. The van der Waals surface area contributed by atoms with Gasteiger partial charge in [0, 0.05) is 0 Å². The summed E-state index contributed by atoms with van der Waals surface area (Å²) in [5.41, 5.74) is -6.53. The summed E-state index contributed by atoms with van der Waals surface area (Å²) in [7, 11) is 0. The van der Waals surface area contributed by atoms with Crippen molar-refractivity contribution >= 4 is 17.7 Å². The molecule has 1 aliphatic heterocycles. The largest absolute Gasteiger partial charge is 0.481 e. The Labute approximate surface area is 147 Å². The minimum absolute atomic E-state index is 0.0602. The van der Waals surface area contributed by atoms with E-state index in [0.717, 1.165) is 6.92 Å². The van der Waals surface area contributed by atoms with E-state index in [1.807, 2.05) is 0 Å². The van der Waals surface area contributed by atoms with Gasteiger partial charge < -0.3 is 10.2 Å². The third kappa shape index (κ3) is 3.29. The number of aliphatic carboxylic acids is 2. The average Bonchev–Trinajstić information content (AvgIpc) is 2.48. The lowest BCUT2D eigenvalue weighted by atomic mass is 9.53. The highest BCUT2D eigenvalue weighted by molar-refractivity contribution is 6.09. The third-order valence-electron chi connectivity index (χ3n) is 5.19. The van der Waals surface area contributed by atoms with Crippen LogP contribution in [0.3, 0.4) is 0 Å². The summed E-state index contributed by atoms with van der Waals surface area (Å²) in [4.78, 5) is 26.9. The Kier molecular flexibility index (Phi) is 6.41. The van der Waals surface area contributed by atoms with E-state index in [9.17, 15) is 41.8 Å². The van der Waals surface area contributed by atoms with Crippen LogP contribution < -0.4 is 0 Å². The molecule has 1 heterocycles. The maximum atomic E-state index is 13.6. The molecule has 0 spiro atoms. The molecule has 1 rings (SSSR count). The van der Waals surface area contributed by atoms with Crippen LogP contribution in [-0.4, -0.2) is 46.5 Å². The van der Waals surface area contributed by atoms with Gasteiger partial charge in [-0.25, -0.2) is 8.78 Å². The molecule has 26 heavy (non-hydrogen) atoms. The van der Waals surface area contributed by atoms with Gasteiger partial charge in [-0.3, -0.25) is 14.6 Å². The van der Waals surface area contributed by atoms with Crippen molar-refractivity contribution in [3.8, 4) is 0 Å². The van der Waals surface area contributed by atoms with Crippen LogP contribution in [0.2, 0.25) is 0 Å². The van der Waals surface area contributed by atoms with Crippen molar-refractivity contribution in [3.05, 3.63) is 0 Å². The van der Waals surface area contributed by atoms with Gasteiger partial charge in [0.05, 0.1) is 5.71 Å². The Balaban J connectivity index is 3.98. The van der Waals surface area contributed by atoms with Crippen LogP contribution in [0, 0.1) is 16.7 Å². The standard InChI is InChI=1S/C16H22F5NO4/c1-4-6-8-14(3,12(23)24)11(16(19,20)21)22-9(10(17)18)15(8,7-5-2)13(25)26/h8,10-11H,4-7H2,1-3H3,(H,23,24)(H,25,26). The predicted octanol–water partition coefficient (Wildman–Crippen LogP) is 4.02. The van der Waals surface area contributed by atoms with Crippen molar-refractivity contribution in [3.63, 3.8) is 0 Å². The minimum atomic E-state index is -5.21. The van der Waals surface area contributed by atoms with Crippen LogP contribution in [0.15, 0.2) is 4.99 Å². The lowest BCUT2D eigenvalue weighted by molar-refractivity contribution is -0.205. The SMILES string of the molecule is CCCC1C(CCC)(C(=O)O)C(C(F)F)=NC(C(F)(F)F)C1(C)C(=O)O. The molecule has 150 valence electrons. The Bertz CT molecular complexity index is 592. The molecule has 0 aromatic rings. The molecule has 0 fully saturated rings. The number of alkyl halides is 5. The summed E-state index contributed by atoms with van der Waals surface area (Å²) in [6.45, 7) is 3.77. The molecule has 0 saturated heterocycles. The molecule has 0 aromatic carbocycles. The van der Waals surface area contributed by atoms with Crippen molar-refractivity contribution in [1.29, 1.82) is 0 Å². The van der Waals surface area contributed by atoms with Gasteiger partial charge in [0.1, 0.15) is 10.8 Å². The number of carboxylic acid groups (broad SMARTS) is 2. The smallest absolute Gasteiger partial charge is 0.411 e. The molecule has 4 atom stereocenters. The van der Waals surface area contributed by atoms with Crippen molar-refractivity contribution in [2.24, 2.45) is 21.7 Å². The molecule has 5 nitrogen and oxygen atoms in total. The number of halogens is 5. The van der Waals surface area contributed by atoms with Crippen LogP contribution in [0.4, 0.5) is 22.0 Å². The number of rotatable bonds is 7. The summed E-state index contributed by atoms with van der Waals surface area (Å²) in [5.74, 6) is -5.37. The molecule has 4 unspecified atom stereocenters. The fourth-order valence-corrected chi connectivity index (χ4v) is 4.10. The van der Waals surface area contributed by atoms with Crippen LogP contribution in [0.25, 0.3) is 0 Å². The first-order valence-electron chi connectivity index (χ1n) is 8.21. The van der Waals surface area contributed by atoms with Gasteiger partial charge >= 0.3 is 18.1 Å². The second kappa shape index (κ2) is 7.48. The molecule has 0 bridgehead atoms. The van der Waals surface area contributed by atoms with E-state index in [1.165, 1.54) is 13.8 Å². The molecule has 0 aromatic heterocycles. The number of aliphatic imine (C=N–C) groups is 1. The van der Waals surface area contributed by atoms with Crippen LogP contribution in [-0.2, 0) is 9.59 Å². The Hall–Kier alpha value is -1.74. The molecule has 0 aliphatic carbocycles. The molecule has 0 saturated carbocycles. The summed E-state index contributed by atoms with van der Waals surface area (Å²) < 4.78 is 67.8. The van der Waals surface area contributed by atoms with Crippen LogP contribution in [0.1, 0.15) is 46.5 Å². The van der Waals surface area contributed by atoms with E-state index in [1.54, 1.807) is 0 Å². The highest BCUT2D eigenvalue weighted by atomic mass is 19.4. The average molecular weight is 387 g/mol. The van der Waals surface area contributed by atoms with Crippen molar-refractivity contribution in [2.75, 3.05) is 0 Å². The fraction of sp³-hybridized carbons (Fsp3) is 0.812. The topological polar surface area (TPSA) is 87.0 Å². The highest BCUT2D eigenvalue weighted by Gasteiger charge is 2.70. The minimum Gasteiger partial charge on any atom is -0.481 e. The first kappa shape index (κ1) is 22.3. The molecular weight excluding hydrogens is 365 g/mol. The van der Waals surface area contributed by atoms with Crippen LogP contribution in [0.5, 0.6) is 0 Å². The quantitative estimate of drug-likeness (QED) is 0.646. The number of hydrogen-bond donors (Lipinski definition) is 2. The fourth-order valence-electron chi connectivity index (χ4n) is 4.10. The first-order chi connectivity index (χ1) is 11.8. The number of hydrogen-bond acceptors (Lipinski definition) is 3. The van der Waals surface area contributed by atoms with E-state index < -0.39 is 59.5 Å². The zero-order valence-electron chi connectivity index (χ0n) is 14.6. The predicted molar refractivity (Wildman–Crippen MR) is 82.4 cm³/mol. The van der Waals surface area contributed by atoms with E-state index in [-0.39, 0.29) is 19.3 Å². The molecule has 0 radical (unpaired) electrons.